The minimum absolute atomic E-state index is 0.233. The Morgan fingerprint density at radius 2 is 1.67 bits per heavy atom. The minimum Gasteiger partial charge on any atom is -0.271 e. The molecule has 21 heavy (non-hydrogen) atoms. The van der Waals surface area contributed by atoms with E-state index in [1.165, 1.54) is 12.1 Å². The number of benzene rings is 2. The van der Waals surface area contributed by atoms with Crippen molar-refractivity contribution in [1.29, 1.82) is 0 Å². The molecule has 0 radical (unpaired) electrons. The molecule has 0 aliphatic heterocycles. The Balaban J connectivity index is 2.13. The van der Waals surface area contributed by atoms with Crippen LogP contribution in [0.15, 0.2) is 36.4 Å². The first-order valence-electron chi connectivity index (χ1n) is 6.33. The molecule has 0 heterocycles. The lowest BCUT2D eigenvalue weighted by molar-refractivity contribution is 0.502. The molecule has 112 valence electrons. The summed E-state index contributed by atoms with van der Waals surface area (Å²) in [7, 11) is 0. The van der Waals surface area contributed by atoms with Gasteiger partial charge >= 0.3 is 0 Å². The van der Waals surface area contributed by atoms with Gasteiger partial charge in [0.05, 0.1) is 0 Å². The van der Waals surface area contributed by atoms with Crippen molar-refractivity contribution in [2.24, 2.45) is 5.84 Å². The van der Waals surface area contributed by atoms with E-state index in [2.05, 4.69) is 5.43 Å². The summed E-state index contributed by atoms with van der Waals surface area (Å²) < 4.78 is 26.6. The van der Waals surface area contributed by atoms with Gasteiger partial charge in [0.15, 0.2) is 0 Å². The van der Waals surface area contributed by atoms with E-state index in [-0.39, 0.29) is 6.04 Å². The van der Waals surface area contributed by atoms with Gasteiger partial charge in [0.2, 0.25) is 0 Å². The van der Waals surface area contributed by atoms with Gasteiger partial charge in [0, 0.05) is 22.2 Å². The number of rotatable bonds is 5. The third kappa shape index (κ3) is 4.38. The maximum Gasteiger partial charge on any atom is 0.129 e. The Bertz CT molecular complexity index is 582. The average molecular weight is 331 g/mol. The fourth-order valence-corrected chi connectivity index (χ4v) is 2.58. The number of hydrogen-bond acceptors (Lipinski definition) is 2. The van der Waals surface area contributed by atoms with Crippen molar-refractivity contribution in [3.63, 3.8) is 0 Å². The summed E-state index contributed by atoms with van der Waals surface area (Å²) in [6.45, 7) is 0. The summed E-state index contributed by atoms with van der Waals surface area (Å²) >= 11 is 12.0. The van der Waals surface area contributed by atoms with Gasteiger partial charge < -0.3 is 0 Å². The number of nitrogens with one attached hydrogen (secondary N) is 1. The van der Waals surface area contributed by atoms with Gasteiger partial charge in [0.25, 0.3) is 0 Å². The molecular formula is C15H14Cl2F2N2. The van der Waals surface area contributed by atoms with Gasteiger partial charge in [-0.2, -0.15) is 0 Å². The maximum absolute atomic E-state index is 13.7. The second-order valence-corrected chi connectivity index (χ2v) is 5.59. The van der Waals surface area contributed by atoms with Crippen LogP contribution in [0.4, 0.5) is 8.78 Å². The number of hydrazine groups is 1. The van der Waals surface area contributed by atoms with Crippen molar-refractivity contribution < 1.29 is 8.78 Å². The first-order chi connectivity index (χ1) is 9.99. The largest absolute Gasteiger partial charge is 0.271 e. The molecule has 0 aliphatic rings. The third-order valence-electron chi connectivity index (χ3n) is 3.20. The predicted molar refractivity (Wildman–Crippen MR) is 81.3 cm³/mol. The third-order valence-corrected chi connectivity index (χ3v) is 3.79. The lowest BCUT2D eigenvalue weighted by Crippen LogP contribution is -2.38. The van der Waals surface area contributed by atoms with Crippen molar-refractivity contribution in [2.75, 3.05) is 0 Å². The summed E-state index contributed by atoms with van der Waals surface area (Å²) in [6, 6.07) is 8.44. The zero-order valence-corrected chi connectivity index (χ0v) is 12.6. The molecule has 3 N–H and O–H groups in total. The highest BCUT2D eigenvalue weighted by Crippen LogP contribution is 2.23. The fourth-order valence-electron chi connectivity index (χ4n) is 2.10. The average Bonchev–Trinajstić information content (AvgIpc) is 2.43. The van der Waals surface area contributed by atoms with Gasteiger partial charge in [0.1, 0.15) is 11.6 Å². The molecule has 0 amide bonds. The Morgan fingerprint density at radius 3 is 2.29 bits per heavy atom. The van der Waals surface area contributed by atoms with Crippen molar-refractivity contribution in [1.82, 2.24) is 5.43 Å². The highest BCUT2D eigenvalue weighted by Gasteiger charge is 2.14. The smallest absolute Gasteiger partial charge is 0.129 e. The summed E-state index contributed by atoms with van der Waals surface area (Å²) in [5, 5.41) is 1.08. The first kappa shape index (κ1) is 16.2. The summed E-state index contributed by atoms with van der Waals surface area (Å²) in [5.41, 5.74) is 3.88. The number of halogens is 4. The van der Waals surface area contributed by atoms with Gasteiger partial charge in [-0.15, -0.1) is 0 Å². The molecule has 1 unspecified atom stereocenters. The molecule has 0 aliphatic carbocycles. The van der Waals surface area contributed by atoms with E-state index in [1.807, 2.05) is 0 Å². The maximum atomic E-state index is 13.7. The molecule has 2 nitrogen and oxygen atoms in total. The monoisotopic (exact) mass is 330 g/mol. The molecule has 6 heteroatoms. The predicted octanol–water partition coefficient (Wildman–Crippen LogP) is 3.89. The minimum atomic E-state index is -0.603. The van der Waals surface area contributed by atoms with Gasteiger partial charge in [-0.1, -0.05) is 35.3 Å². The molecule has 0 saturated heterocycles. The van der Waals surface area contributed by atoms with Crippen molar-refractivity contribution in [3.8, 4) is 0 Å². The molecule has 2 aromatic rings. The fraction of sp³-hybridized carbons (Fsp3) is 0.200. The SMILES string of the molecule is NNC(Cc1ccc(F)cc1F)Cc1ccc(Cl)cc1Cl. The van der Waals surface area contributed by atoms with Crippen LogP contribution in [-0.4, -0.2) is 6.04 Å². The van der Waals surface area contributed by atoms with E-state index in [4.69, 9.17) is 29.0 Å². The highest BCUT2D eigenvalue weighted by molar-refractivity contribution is 6.35. The van der Waals surface area contributed by atoms with Crippen molar-refractivity contribution in [3.05, 3.63) is 69.2 Å². The normalized spacial score (nSPS) is 12.4. The van der Waals surface area contributed by atoms with Gasteiger partial charge in [-0.25, -0.2) is 8.78 Å². The molecule has 2 rings (SSSR count). The van der Waals surface area contributed by atoms with E-state index in [0.29, 0.717) is 28.5 Å². The van der Waals surface area contributed by atoms with Crippen LogP contribution < -0.4 is 11.3 Å². The highest BCUT2D eigenvalue weighted by atomic mass is 35.5. The molecule has 0 aromatic heterocycles. The number of hydrogen-bond donors (Lipinski definition) is 2. The van der Waals surface area contributed by atoms with Crippen LogP contribution >= 0.6 is 23.2 Å². The summed E-state index contributed by atoms with van der Waals surface area (Å²) in [4.78, 5) is 0. The van der Waals surface area contributed by atoms with Crippen LogP contribution in [0, 0.1) is 11.6 Å². The van der Waals surface area contributed by atoms with Crippen LogP contribution in [0.1, 0.15) is 11.1 Å². The van der Waals surface area contributed by atoms with Crippen molar-refractivity contribution in [2.45, 2.75) is 18.9 Å². The van der Waals surface area contributed by atoms with Crippen LogP contribution in [0.2, 0.25) is 10.0 Å². The van der Waals surface area contributed by atoms with E-state index in [0.717, 1.165) is 11.6 Å². The Hall–Kier alpha value is -1.20. The molecule has 1 atom stereocenters. The zero-order chi connectivity index (χ0) is 15.4. The van der Waals surface area contributed by atoms with E-state index in [1.54, 1.807) is 18.2 Å². The topological polar surface area (TPSA) is 38.0 Å². The van der Waals surface area contributed by atoms with Crippen LogP contribution in [-0.2, 0) is 12.8 Å². The molecule has 2 aromatic carbocycles. The first-order valence-corrected chi connectivity index (χ1v) is 7.09. The standard InChI is InChI=1S/C15H14Cl2F2N2/c16-11-3-1-9(14(17)7-11)5-13(21-20)6-10-2-4-12(18)8-15(10)19/h1-4,7-8,13,21H,5-6,20H2. The lowest BCUT2D eigenvalue weighted by atomic mass is 9.99. The molecule has 0 fully saturated rings. The van der Waals surface area contributed by atoms with Crippen LogP contribution in [0.25, 0.3) is 0 Å². The van der Waals surface area contributed by atoms with E-state index < -0.39 is 11.6 Å². The summed E-state index contributed by atoms with van der Waals surface area (Å²) in [6.07, 6.45) is 0.824. The molecule has 0 saturated carbocycles. The van der Waals surface area contributed by atoms with E-state index in [9.17, 15) is 8.78 Å². The lowest BCUT2D eigenvalue weighted by Gasteiger charge is -2.17. The van der Waals surface area contributed by atoms with Crippen molar-refractivity contribution >= 4 is 23.2 Å². The molecule has 0 spiro atoms. The summed E-state index contributed by atoms with van der Waals surface area (Å²) in [5.74, 6) is 4.32. The Kier molecular flexibility index (Phi) is 5.53. The second-order valence-electron chi connectivity index (χ2n) is 4.74. The Labute approximate surface area is 131 Å². The zero-order valence-electron chi connectivity index (χ0n) is 11.0. The quantitative estimate of drug-likeness (QED) is 0.644. The van der Waals surface area contributed by atoms with Gasteiger partial charge in [-0.3, -0.25) is 11.3 Å². The number of nitrogens with two attached hydrogens (primary N) is 1. The molecule has 0 bridgehead atoms. The van der Waals surface area contributed by atoms with Crippen LogP contribution in [0.5, 0.6) is 0 Å². The second kappa shape index (κ2) is 7.18. The van der Waals surface area contributed by atoms with Gasteiger partial charge in [-0.05, 0) is 42.2 Å². The Morgan fingerprint density at radius 1 is 1.00 bits per heavy atom. The molecular weight excluding hydrogens is 317 g/mol. The van der Waals surface area contributed by atoms with E-state index >= 15 is 0 Å². The van der Waals surface area contributed by atoms with Crippen LogP contribution in [0.3, 0.4) is 0 Å².